The number of thiophene rings is 1. The van der Waals surface area contributed by atoms with E-state index in [1.54, 1.807) is 23.5 Å². The van der Waals surface area contributed by atoms with Crippen molar-refractivity contribution in [1.29, 1.82) is 0 Å². The summed E-state index contributed by atoms with van der Waals surface area (Å²) in [5.41, 5.74) is 1.21. The van der Waals surface area contributed by atoms with Gasteiger partial charge in [-0.15, -0.1) is 0 Å². The third-order valence-electron chi connectivity index (χ3n) is 3.03. The average Bonchev–Trinajstić information content (AvgIpc) is 2.93. The van der Waals surface area contributed by atoms with Gasteiger partial charge in [-0.2, -0.15) is 11.3 Å². The Morgan fingerprint density at radius 1 is 1.50 bits per heavy atom. The fourth-order valence-corrected chi connectivity index (χ4v) is 2.46. The minimum atomic E-state index is -0.243. The number of rotatable bonds is 5. The van der Waals surface area contributed by atoms with Gasteiger partial charge in [0.2, 0.25) is 5.91 Å². The molecule has 0 bridgehead atoms. The second-order valence-electron chi connectivity index (χ2n) is 4.57. The molecular weight excluding hydrogens is 294 g/mol. The lowest BCUT2D eigenvalue weighted by atomic mass is 10.2. The van der Waals surface area contributed by atoms with E-state index in [9.17, 15) is 4.79 Å². The van der Waals surface area contributed by atoms with Crippen LogP contribution in [0.5, 0.6) is 0 Å². The van der Waals surface area contributed by atoms with E-state index in [-0.39, 0.29) is 11.9 Å². The van der Waals surface area contributed by atoms with E-state index in [0.29, 0.717) is 10.8 Å². The molecule has 0 spiro atoms. The topological polar surface area (TPSA) is 45.2 Å². The van der Waals surface area contributed by atoms with Gasteiger partial charge in [-0.05, 0) is 48.5 Å². The number of hydrogen-bond donors (Lipinski definition) is 1. The second kappa shape index (κ2) is 6.83. The summed E-state index contributed by atoms with van der Waals surface area (Å²) in [6, 6.07) is 5.20. The summed E-state index contributed by atoms with van der Waals surface area (Å²) >= 11 is 7.41. The fourth-order valence-electron chi connectivity index (χ4n) is 1.69. The molecule has 4 nitrogen and oxygen atoms in total. The van der Waals surface area contributed by atoms with Crippen LogP contribution in [-0.2, 0) is 11.3 Å². The van der Waals surface area contributed by atoms with Crippen LogP contribution in [0.3, 0.4) is 0 Å². The van der Waals surface area contributed by atoms with Crippen molar-refractivity contribution < 1.29 is 4.79 Å². The summed E-state index contributed by atoms with van der Waals surface area (Å²) in [6.45, 7) is 2.61. The Hall–Kier alpha value is -1.43. The number of anilines is 1. The molecule has 0 fully saturated rings. The summed E-state index contributed by atoms with van der Waals surface area (Å²) in [6.07, 6.45) is 1.51. The highest BCUT2D eigenvalue weighted by molar-refractivity contribution is 7.07. The van der Waals surface area contributed by atoms with Crippen molar-refractivity contribution in [3.8, 4) is 0 Å². The molecule has 0 aliphatic rings. The highest BCUT2D eigenvalue weighted by Gasteiger charge is 2.18. The number of likely N-dealkylation sites (N-methyl/N-ethyl adjacent to an activating group) is 1. The Kier molecular flexibility index (Phi) is 5.11. The third kappa shape index (κ3) is 4.03. The molecule has 0 unspecified atom stereocenters. The number of carbonyl (C=O) groups is 1. The molecule has 0 aliphatic heterocycles. The minimum Gasteiger partial charge on any atom is -0.309 e. The largest absolute Gasteiger partial charge is 0.309 e. The molecule has 2 rings (SSSR count). The maximum Gasteiger partial charge on any atom is 0.242 e. The van der Waals surface area contributed by atoms with Crippen molar-refractivity contribution in [2.45, 2.75) is 19.5 Å². The smallest absolute Gasteiger partial charge is 0.242 e. The zero-order valence-electron chi connectivity index (χ0n) is 11.3. The molecule has 0 saturated carbocycles. The fraction of sp³-hybridized carbons (Fsp3) is 0.286. The van der Waals surface area contributed by atoms with Gasteiger partial charge in [0.15, 0.2) is 0 Å². The number of pyridine rings is 1. The maximum atomic E-state index is 12.1. The monoisotopic (exact) mass is 309 g/mol. The molecule has 0 aromatic carbocycles. The second-order valence-corrected chi connectivity index (χ2v) is 5.79. The maximum absolute atomic E-state index is 12.1. The standard InChI is InChI=1S/C14H16ClN3OS/c1-10(18(2)8-11-5-6-20-9-11)14(19)17-13-4-3-12(15)7-16-13/h3-7,9-10H,8H2,1-2H3,(H,16,17,19)/t10-/m0/s1. The van der Waals surface area contributed by atoms with Gasteiger partial charge in [-0.3, -0.25) is 9.69 Å². The van der Waals surface area contributed by atoms with Crippen LogP contribution >= 0.6 is 22.9 Å². The van der Waals surface area contributed by atoms with Crippen LogP contribution in [0, 0.1) is 0 Å². The zero-order chi connectivity index (χ0) is 14.5. The molecular formula is C14H16ClN3OS. The molecule has 0 saturated heterocycles. The number of aromatic nitrogens is 1. The molecule has 20 heavy (non-hydrogen) atoms. The van der Waals surface area contributed by atoms with Crippen LogP contribution in [0.2, 0.25) is 5.02 Å². The van der Waals surface area contributed by atoms with Crippen LogP contribution in [-0.4, -0.2) is 28.9 Å². The van der Waals surface area contributed by atoms with E-state index in [4.69, 9.17) is 11.6 Å². The molecule has 0 radical (unpaired) electrons. The number of nitrogens with zero attached hydrogens (tertiary/aromatic N) is 2. The molecule has 2 aromatic rings. The lowest BCUT2D eigenvalue weighted by Crippen LogP contribution is -2.39. The Morgan fingerprint density at radius 3 is 2.90 bits per heavy atom. The summed E-state index contributed by atoms with van der Waals surface area (Å²) in [7, 11) is 1.93. The van der Waals surface area contributed by atoms with Crippen molar-refractivity contribution in [1.82, 2.24) is 9.88 Å². The van der Waals surface area contributed by atoms with Crippen LogP contribution < -0.4 is 5.32 Å². The van der Waals surface area contributed by atoms with Crippen LogP contribution in [0.1, 0.15) is 12.5 Å². The number of amides is 1. The van der Waals surface area contributed by atoms with Gasteiger partial charge < -0.3 is 5.32 Å². The van der Waals surface area contributed by atoms with E-state index in [0.717, 1.165) is 6.54 Å². The predicted octanol–water partition coefficient (Wildman–Crippen LogP) is 3.26. The van der Waals surface area contributed by atoms with E-state index < -0.39 is 0 Å². The van der Waals surface area contributed by atoms with Crippen molar-refractivity contribution in [3.63, 3.8) is 0 Å². The normalized spacial score (nSPS) is 12.4. The minimum absolute atomic E-state index is 0.0856. The van der Waals surface area contributed by atoms with Gasteiger partial charge in [0.25, 0.3) is 0 Å². The first-order valence-corrected chi connectivity index (χ1v) is 7.52. The highest BCUT2D eigenvalue weighted by atomic mass is 35.5. The highest BCUT2D eigenvalue weighted by Crippen LogP contribution is 2.13. The zero-order valence-corrected chi connectivity index (χ0v) is 12.9. The van der Waals surface area contributed by atoms with E-state index in [1.807, 2.05) is 24.3 Å². The van der Waals surface area contributed by atoms with Crippen LogP contribution in [0.25, 0.3) is 0 Å². The van der Waals surface area contributed by atoms with Gasteiger partial charge in [0, 0.05) is 12.7 Å². The summed E-state index contributed by atoms with van der Waals surface area (Å²) in [5.74, 6) is 0.424. The van der Waals surface area contributed by atoms with Crippen molar-refractivity contribution in [2.24, 2.45) is 0 Å². The van der Waals surface area contributed by atoms with E-state index in [1.165, 1.54) is 11.8 Å². The molecule has 106 valence electrons. The van der Waals surface area contributed by atoms with Crippen molar-refractivity contribution in [2.75, 3.05) is 12.4 Å². The first-order chi connectivity index (χ1) is 9.56. The van der Waals surface area contributed by atoms with Gasteiger partial charge in [-0.25, -0.2) is 4.98 Å². The van der Waals surface area contributed by atoms with Crippen LogP contribution in [0.4, 0.5) is 5.82 Å². The van der Waals surface area contributed by atoms with Gasteiger partial charge >= 0.3 is 0 Å². The Bertz CT molecular complexity index is 556. The Morgan fingerprint density at radius 2 is 2.30 bits per heavy atom. The lowest BCUT2D eigenvalue weighted by Gasteiger charge is -2.23. The first kappa shape index (κ1) is 15.0. The number of nitrogens with one attached hydrogen (secondary N) is 1. The quantitative estimate of drug-likeness (QED) is 0.922. The summed E-state index contributed by atoms with van der Waals surface area (Å²) < 4.78 is 0. The molecule has 2 aromatic heterocycles. The van der Waals surface area contributed by atoms with Crippen molar-refractivity contribution in [3.05, 3.63) is 45.7 Å². The predicted molar refractivity (Wildman–Crippen MR) is 83.1 cm³/mol. The molecule has 1 amide bonds. The van der Waals surface area contributed by atoms with Crippen molar-refractivity contribution >= 4 is 34.7 Å². The molecule has 0 aliphatic carbocycles. The van der Waals surface area contributed by atoms with Gasteiger partial charge in [0.05, 0.1) is 11.1 Å². The van der Waals surface area contributed by atoms with Gasteiger partial charge in [-0.1, -0.05) is 11.6 Å². The number of carbonyl (C=O) groups excluding carboxylic acids is 1. The van der Waals surface area contributed by atoms with E-state index >= 15 is 0 Å². The number of hydrogen-bond acceptors (Lipinski definition) is 4. The average molecular weight is 310 g/mol. The molecule has 2 heterocycles. The molecule has 1 atom stereocenters. The molecule has 1 N–H and O–H groups in total. The lowest BCUT2D eigenvalue weighted by molar-refractivity contribution is -0.120. The van der Waals surface area contributed by atoms with Crippen LogP contribution in [0.15, 0.2) is 35.2 Å². The third-order valence-corrected chi connectivity index (χ3v) is 3.99. The Balaban J connectivity index is 1.92. The Labute approximate surface area is 127 Å². The summed E-state index contributed by atoms with van der Waals surface area (Å²) in [5, 5.41) is 7.45. The van der Waals surface area contributed by atoms with E-state index in [2.05, 4.69) is 21.7 Å². The SMILES string of the molecule is C[C@@H](C(=O)Nc1ccc(Cl)cn1)N(C)Cc1ccsc1. The van der Waals surface area contributed by atoms with Gasteiger partial charge in [0.1, 0.15) is 5.82 Å². The number of halogens is 1. The summed E-state index contributed by atoms with van der Waals surface area (Å²) in [4.78, 5) is 18.2. The first-order valence-electron chi connectivity index (χ1n) is 6.20. The molecule has 6 heteroatoms.